The number of allylic oxidation sites excluding steroid dienone is 2. The molecule has 0 radical (unpaired) electrons. The largest absolute Gasteiger partial charge is 0.469 e. The van der Waals surface area contributed by atoms with E-state index < -0.39 is 32.5 Å². The Kier molecular flexibility index (Phi) is 28.0. The monoisotopic (exact) mass is 604 g/mol. The maximum absolute atomic E-state index is 12.3. The maximum Gasteiger partial charge on any atom is 0.469 e. The Morgan fingerprint density at radius 3 is 1.56 bits per heavy atom. The van der Waals surface area contributed by atoms with E-state index in [1.807, 2.05) is 0 Å². The van der Waals surface area contributed by atoms with Gasteiger partial charge in [-0.3, -0.25) is 14.1 Å². The van der Waals surface area contributed by atoms with Crippen molar-refractivity contribution in [3.8, 4) is 0 Å². The van der Waals surface area contributed by atoms with Crippen molar-refractivity contribution in [2.75, 3.05) is 13.2 Å². The van der Waals surface area contributed by atoms with Crippen molar-refractivity contribution in [2.45, 2.75) is 168 Å². The van der Waals surface area contributed by atoms with E-state index in [2.05, 4.69) is 30.5 Å². The van der Waals surface area contributed by atoms with Gasteiger partial charge in [0, 0.05) is 12.8 Å². The Morgan fingerprint density at radius 2 is 1.05 bits per heavy atom. The summed E-state index contributed by atoms with van der Waals surface area (Å²) in [5.41, 5.74) is 0. The molecule has 0 saturated heterocycles. The van der Waals surface area contributed by atoms with Gasteiger partial charge in [0.05, 0.1) is 6.61 Å². The smallest absolute Gasteiger partial charge is 0.462 e. The van der Waals surface area contributed by atoms with Crippen LogP contribution >= 0.6 is 7.82 Å². The van der Waals surface area contributed by atoms with Gasteiger partial charge in [-0.15, -0.1) is 0 Å². The highest BCUT2D eigenvalue weighted by Gasteiger charge is 2.22. The van der Waals surface area contributed by atoms with Gasteiger partial charge < -0.3 is 19.3 Å². The fourth-order valence-corrected chi connectivity index (χ4v) is 4.89. The fourth-order valence-electron chi connectivity index (χ4n) is 4.53. The lowest BCUT2D eigenvalue weighted by Crippen LogP contribution is -2.29. The molecule has 0 unspecified atom stereocenters. The standard InChI is InChI=1S/C32H61O8P/c1-3-5-7-9-11-13-15-16-17-19-21-23-25-27-32(34)40-30(29-39-41(35,36)37)28-38-31(33)26-24-22-20-18-14-12-10-8-6-4-2/h9,11,30H,3-8,10,12-29H2,1-2H3,(H2,35,36,37)/b11-9-/t30-/m1/s1. The molecule has 0 rings (SSSR count). The molecule has 9 heteroatoms. The van der Waals surface area contributed by atoms with Crippen LogP contribution in [0.5, 0.6) is 0 Å². The SMILES string of the molecule is CCCC/C=C\CCCCCCCCCC(=O)O[C@H](COC(=O)CCCCCCCCCCCC)COP(=O)(O)O. The Labute approximate surface area is 250 Å². The van der Waals surface area contributed by atoms with Crippen molar-refractivity contribution < 1.29 is 37.9 Å². The minimum Gasteiger partial charge on any atom is -0.462 e. The molecule has 0 spiro atoms. The highest BCUT2D eigenvalue weighted by molar-refractivity contribution is 7.46. The van der Waals surface area contributed by atoms with E-state index in [1.165, 1.54) is 83.5 Å². The second-order valence-corrected chi connectivity index (χ2v) is 12.4. The van der Waals surface area contributed by atoms with E-state index in [0.29, 0.717) is 6.42 Å². The van der Waals surface area contributed by atoms with E-state index in [9.17, 15) is 14.2 Å². The molecule has 0 aliphatic carbocycles. The third-order valence-electron chi connectivity index (χ3n) is 7.03. The highest BCUT2D eigenvalue weighted by atomic mass is 31.2. The summed E-state index contributed by atoms with van der Waals surface area (Å²) in [6.45, 7) is 3.61. The quantitative estimate of drug-likeness (QED) is 0.0360. The van der Waals surface area contributed by atoms with Crippen LogP contribution in [0.4, 0.5) is 0 Å². The van der Waals surface area contributed by atoms with Crippen LogP contribution < -0.4 is 0 Å². The van der Waals surface area contributed by atoms with Crippen molar-refractivity contribution in [2.24, 2.45) is 0 Å². The lowest BCUT2D eigenvalue weighted by Gasteiger charge is -2.18. The van der Waals surface area contributed by atoms with Gasteiger partial charge in [-0.2, -0.15) is 0 Å². The number of carbonyl (C=O) groups is 2. The molecule has 1 atom stereocenters. The zero-order chi connectivity index (χ0) is 30.4. The first-order valence-corrected chi connectivity index (χ1v) is 18.0. The van der Waals surface area contributed by atoms with Gasteiger partial charge in [0.1, 0.15) is 6.61 Å². The minimum atomic E-state index is -4.74. The number of hydrogen-bond donors (Lipinski definition) is 2. The summed E-state index contributed by atoms with van der Waals surface area (Å²) >= 11 is 0. The molecule has 0 fully saturated rings. The predicted molar refractivity (Wildman–Crippen MR) is 166 cm³/mol. The zero-order valence-electron chi connectivity index (χ0n) is 26.2. The third-order valence-corrected chi connectivity index (χ3v) is 7.52. The average molecular weight is 605 g/mol. The first kappa shape index (κ1) is 39.8. The molecule has 0 bridgehead atoms. The number of unbranched alkanes of at least 4 members (excludes halogenated alkanes) is 18. The molecule has 41 heavy (non-hydrogen) atoms. The third kappa shape index (κ3) is 31.6. The second-order valence-electron chi connectivity index (χ2n) is 11.1. The summed E-state index contributed by atoms with van der Waals surface area (Å²) in [6, 6.07) is 0. The topological polar surface area (TPSA) is 119 Å². The van der Waals surface area contributed by atoms with Crippen LogP contribution in [0.1, 0.15) is 162 Å². The molecule has 0 amide bonds. The van der Waals surface area contributed by atoms with Crippen molar-refractivity contribution in [1.82, 2.24) is 0 Å². The van der Waals surface area contributed by atoms with Gasteiger partial charge in [-0.05, 0) is 32.1 Å². The highest BCUT2D eigenvalue weighted by Crippen LogP contribution is 2.35. The molecule has 0 saturated carbocycles. The van der Waals surface area contributed by atoms with E-state index in [4.69, 9.17) is 19.3 Å². The van der Waals surface area contributed by atoms with Gasteiger partial charge in [-0.1, -0.05) is 129 Å². The lowest BCUT2D eigenvalue weighted by atomic mass is 10.1. The summed E-state index contributed by atoms with van der Waals surface area (Å²) in [7, 11) is -4.74. The zero-order valence-corrected chi connectivity index (χ0v) is 27.1. The number of phosphoric ester groups is 1. The number of rotatable bonds is 30. The van der Waals surface area contributed by atoms with Gasteiger partial charge in [-0.25, -0.2) is 4.57 Å². The van der Waals surface area contributed by atoms with Crippen LogP contribution in [-0.4, -0.2) is 41.0 Å². The molecule has 0 aromatic carbocycles. The first-order chi connectivity index (χ1) is 19.8. The molecule has 0 aromatic rings. The molecule has 0 aromatic heterocycles. The molecule has 0 aliphatic rings. The summed E-state index contributed by atoms with van der Waals surface area (Å²) in [4.78, 5) is 42.4. The Morgan fingerprint density at radius 1 is 0.610 bits per heavy atom. The molecular weight excluding hydrogens is 543 g/mol. The molecule has 242 valence electrons. The second kappa shape index (κ2) is 28.9. The molecule has 8 nitrogen and oxygen atoms in total. The number of esters is 2. The summed E-state index contributed by atoms with van der Waals surface area (Å²) < 4.78 is 26.2. The summed E-state index contributed by atoms with van der Waals surface area (Å²) in [5.74, 6) is -0.890. The van der Waals surface area contributed by atoms with E-state index in [0.717, 1.165) is 44.9 Å². The molecule has 0 aliphatic heterocycles. The van der Waals surface area contributed by atoms with E-state index in [-0.39, 0.29) is 19.4 Å². The lowest BCUT2D eigenvalue weighted by molar-refractivity contribution is -0.161. The summed E-state index contributed by atoms with van der Waals surface area (Å²) in [6.07, 6.45) is 27.9. The normalized spacial score (nSPS) is 12.6. The van der Waals surface area contributed by atoms with Crippen LogP contribution in [0.3, 0.4) is 0 Å². The fraction of sp³-hybridized carbons (Fsp3) is 0.875. The summed E-state index contributed by atoms with van der Waals surface area (Å²) in [5, 5.41) is 0. The minimum absolute atomic E-state index is 0.210. The molecule has 2 N–H and O–H groups in total. The molecular formula is C32H61O8P. The number of carbonyl (C=O) groups excluding carboxylic acids is 2. The van der Waals surface area contributed by atoms with Gasteiger partial charge in [0.2, 0.25) is 0 Å². The predicted octanol–water partition coefficient (Wildman–Crippen LogP) is 9.12. The van der Waals surface area contributed by atoms with Crippen molar-refractivity contribution in [3.63, 3.8) is 0 Å². The Bertz CT molecular complexity index is 691. The van der Waals surface area contributed by atoms with Crippen LogP contribution in [0.15, 0.2) is 12.2 Å². The van der Waals surface area contributed by atoms with Crippen LogP contribution in [0.2, 0.25) is 0 Å². The van der Waals surface area contributed by atoms with E-state index in [1.54, 1.807) is 0 Å². The number of ether oxygens (including phenoxy) is 2. The first-order valence-electron chi connectivity index (χ1n) is 16.5. The average Bonchev–Trinajstić information content (AvgIpc) is 2.93. The number of hydrogen-bond acceptors (Lipinski definition) is 6. The van der Waals surface area contributed by atoms with E-state index >= 15 is 0 Å². The number of phosphoric acid groups is 1. The van der Waals surface area contributed by atoms with Crippen molar-refractivity contribution in [1.29, 1.82) is 0 Å². The Hall–Kier alpha value is -1.21. The van der Waals surface area contributed by atoms with Gasteiger partial charge in [0.15, 0.2) is 6.10 Å². The van der Waals surface area contributed by atoms with Crippen molar-refractivity contribution in [3.05, 3.63) is 12.2 Å². The maximum atomic E-state index is 12.3. The Balaban J connectivity index is 4.02. The van der Waals surface area contributed by atoms with Gasteiger partial charge in [0.25, 0.3) is 0 Å². The van der Waals surface area contributed by atoms with Crippen LogP contribution in [0, 0.1) is 0 Å². The van der Waals surface area contributed by atoms with Gasteiger partial charge >= 0.3 is 19.8 Å². The van der Waals surface area contributed by atoms with Crippen molar-refractivity contribution >= 4 is 19.8 Å². The van der Waals surface area contributed by atoms with Crippen LogP contribution in [-0.2, 0) is 28.2 Å². The van der Waals surface area contributed by atoms with Crippen LogP contribution in [0.25, 0.3) is 0 Å². The molecule has 0 heterocycles.